The van der Waals surface area contributed by atoms with Crippen molar-refractivity contribution in [1.82, 2.24) is 0 Å². The SMILES string of the molecule is COc1ccc(Cl)cc1C(Br)C1COc2ccccc21. The summed E-state index contributed by atoms with van der Waals surface area (Å²) in [4.78, 5) is 0.0970. The van der Waals surface area contributed by atoms with E-state index >= 15 is 0 Å². The van der Waals surface area contributed by atoms with Gasteiger partial charge in [-0.05, 0) is 24.3 Å². The Hall–Kier alpha value is -1.19. The summed E-state index contributed by atoms with van der Waals surface area (Å²) in [5.74, 6) is 2.04. The molecule has 2 aromatic rings. The van der Waals surface area contributed by atoms with Crippen molar-refractivity contribution in [2.24, 2.45) is 0 Å². The van der Waals surface area contributed by atoms with E-state index in [0.717, 1.165) is 17.1 Å². The number of rotatable bonds is 3. The number of alkyl halides is 1. The van der Waals surface area contributed by atoms with Gasteiger partial charge in [-0.1, -0.05) is 45.7 Å². The molecule has 2 atom stereocenters. The van der Waals surface area contributed by atoms with Crippen LogP contribution in [0.25, 0.3) is 0 Å². The molecule has 104 valence electrons. The lowest BCUT2D eigenvalue weighted by Gasteiger charge is -2.19. The van der Waals surface area contributed by atoms with Crippen molar-refractivity contribution in [3.8, 4) is 11.5 Å². The first-order valence-electron chi connectivity index (χ1n) is 6.40. The van der Waals surface area contributed by atoms with Crippen LogP contribution >= 0.6 is 27.5 Å². The van der Waals surface area contributed by atoms with E-state index in [1.165, 1.54) is 5.56 Å². The van der Waals surface area contributed by atoms with Crippen LogP contribution in [0, 0.1) is 0 Å². The van der Waals surface area contributed by atoms with Gasteiger partial charge >= 0.3 is 0 Å². The van der Waals surface area contributed by atoms with Crippen molar-refractivity contribution >= 4 is 27.5 Å². The van der Waals surface area contributed by atoms with Gasteiger partial charge in [0.2, 0.25) is 0 Å². The van der Waals surface area contributed by atoms with Crippen LogP contribution in [0.15, 0.2) is 42.5 Å². The van der Waals surface area contributed by atoms with Crippen LogP contribution in [-0.2, 0) is 0 Å². The van der Waals surface area contributed by atoms with Crippen LogP contribution in [-0.4, -0.2) is 13.7 Å². The quantitative estimate of drug-likeness (QED) is 0.726. The monoisotopic (exact) mass is 352 g/mol. The Morgan fingerprint density at radius 2 is 2.10 bits per heavy atom. The van der Waals surface area contributed by atoms with Crippen molar-refractivity contribution in [2.45, 2.75) is 10.7 Å². The number of para-hydroxylation sites is 1. The molecule has 0 saturated carbocycles. The van der Waals surface area contributed by atoms with Gasteiger partial charge in [0, 0.05) is 22.1 Å². The third kappa shape index (κ3) is 2.40. The molecule has 0 amide bonds. The second-order valence-corrected chi connectivity index (χ2v) is 6.17. The highest BCUT2D eigenvalue weighted by atomic mass is 79.9. The molecule has 0 N–H and O–H groups in total. The van der Waals surface area contributed by atoms with Crippen LogP contribution in [0.2, 0.25) is 5.02 Å². The fraction of sp³-hybridized carbons (Fsp3) is 0.250. The molecule has 0 bridgehead atoms. The fourth-order valence-electron chi connectivity index (χ4n) is 2.57. The molecule has 0 fully saturated rings. The topological polar surface area (TPSA) is 18.5 Å². The van der Waals surface area contributed by atoms with E-state index < -0.39 is 0 Å². The first-order chi connectivity index (χ1) is 9.70. The molecule has 3 rings (SSSR count). The van der Waals surface area contributed by atoms with E-state index in [2.05, 4.69) is 22.0 Å². The summed E-state index contributed by atoms with van der Waals surface area (Å²) in [6.45, 7) is 0.658. The standard InChI is InChI=1S/C16H14BrClO2/c1-19-14-7-6-10(18)8-12(14)16(17)13-9-20-15-5-3-2-4-11(13)15/h2-8,13,16H,9H2,1H3. The summed E-state index contributed by atoms with van der Waals surface area (Å²) in [6, 6.07) is 13.8. The van der Waals surface area contributed by atoms with Crippen LogP contribution < -0.4 is 9.47 Å². The average Bonchev–Trinajstić information content (AvgIpc) is 2.90. The molecular formula is C16H14BrClO2. The van der Waals surface area contributed by atoms with Gasteiger partial charge in [-0.2, -0.15) is 0 Å². The van der Waals surface area contributed by atoms with Gasteiger partial charge in [-0.25, -0.2) is 0 Å². The maximum Gasteiger partial charge on any atom is 0.123 e. The Morgan fingerprint density at radius 1 is 1.30 bits per heavy atom. The molecule has 0 aliphatic carbocycles. The Labute approximate surface area is 131 Å². The minimum Gasteiger partial charge on any atom is -0.496 e. The summed E-state index contributed by atoms with van der Waals surface area (Å²) >= 11 is 9.91. The Bertz CT molecular complexity index is 630. The highest BCUT2D eigenvalue weighted by Crippen LogP contribution is 2.47. The van der Waals surface area contributed by atoms with Gasteiger partial charge in [-0.3, -0.25) is 0 Å². The van der Waals surface area contributed by atoms with E-state index in [4.69, 9.17) is 21.1 Å². The number of ether oxygens (including phenoxy) is 2. The zero-order valence-electron chi connectivity index (χ0n) is 11.0. The minimum atomic E-state index is 0.0970. The van der Waals surface area contributed by atoms with E-state index in [-0.39, 0.29) is 10.7 Å². The molecule has 1 heterocycles. The molecule has 2 aromatic carbocycles. The van der Waals surface area contributed by atoms with E-state index in [1.54, 1.807) is 7.11 Å². The summed E-state index contributed by atoms with van der Waals surface area (Å²) < 4.78 is 11.2. The molecule has 20 heavy (non-hydrogen) atoms. The summed E-state index contributed by atoms with van der Waals surface area (Å²) in [6.07, 6.45) is 0. The Morgan fingerprint density at radius 3 is 2.90 bits per heavy atom. The molecular weight excluding hydrogens is 340 g/mol. The maximum atomic E-state index is 6.12. The van der Waals surface area contributed by atoms with Gasteiger partial charge in [0.1, 0.15) is 11.5 Å². The third-order valence-corrected chi connectivity index (χ3v) is 4.95. The molecule has 2 nitrogen and oxygen atoms in total. The average molecular weight is 354 g/mol. The van der Waals surface area contributed by atoms with Gasteiger partial charge in [0.25, 0.3) is 0 Å². The lowest BCUT2D eigenvalue weighted by molar-refractivity contribution is 0.328. The minimum absolute atomic E-state index is 0.0970. The van der Waals surface area contributed by atoms with Gasteiger partial charge < -0.3 is 9.47 Å². The first kappa shape index (κ1) is 13.8. The Kier molecular flexibility index (Phi) is 3.90. The normalized spacial score (nSPS) is 18.2. The van der Waals surface area contributed by atoms with Crippen LogP contribution in [0.4, 0.5) is 0 Å². The van der Waals surface area contributed by atoms with E-state index in [1.807, 2.05) is 36.4 Å². The molecule has 1 aliphatic rings. The highest BCUT2D eigenvalue weighted by molar-refractivity contribution is 9.09. The molecule has 1 aliphatic heterocycles. The van der Waals surface area contributed by atoms with Crippen molar-refractivity contribution in [3.63, 3.8) is 0 Å². The summed E-state index contributed by atoms with van der Waals surface area (Å²) in [7, 11) is 1.67. The lowest BCUT2D eigenvalue weighted by Crippen LogP contribution is -2.08. The zero-order valence-corrected chi connectivity index (χ0v) is 13.3. The van der Waals surface area contributed by atoms with Crippen molar-refractivity contribution in [2.75, 3.05) is 13.7 Å². The maximum absolute atomic E-state index is 6.12. The molecule has 2 unspecified atom stereocenters. The first-order valence-corrected chi connectivity index (χ1v) is 7.69. The fourth-order valence-corrected chi connectivity index (χ4v) is 3.54. The third-order valence-electron chi connectivity index (χ3n) is 3.58. The smallest absolute Gasteiger partial charge is 0.123 e. The van der Waals surface area contributed by atoms with Crippen LogP contribution in [0.1, 0.15) is 21.9 Å². The second-order valence-electron chi connectivity index (χ2n) is 4.74. The number of benzene rings is 2. The van der Waals surface area contributed by atoms with Gasteiger partial charge in [0.05, 0.1) is 18.5 Å². The van der Waals surface area contributed by atoms with Crippen LogP contribution in [0.5, 0.6) is 11.5 Å². The number of methoxy groups -OCH3 is 1. The van der Waals surface area contributed by atoms with Crippen molar-refractivity contribution < 1.29 is 9.47 Å². The van der Waals surface area contributed by atoms with Crippen molar-refractivity contribution in [3.05, 3.63) is 58.6 Å². The van der Waals surface area contributed by atoms with E-state index in [9.17, 15) is 0 Å². The van der Waals surface area contributed by atoms with Crippen LogP contribution in [0.3, 0.4) is 0 Å². The summed E-state index contributed by atoms with van der Waals surface area (Å²) in [5.41, 5.74) is 2.27. The van der Waals surface area contributed by atoms with Gasteiger partial charge in [0.15, 0.2) is 0 Å². The molecule has 0 radical (unpaired) electrons. The number of hydrogen-bond acceptors (Lipinski definition) is 2. The predicted octanol–water partition coefficient (Wildman–Crippen LogP) is 4.96. The molecule has 0 spiro atoms. The lowest BCUT2D eigenvalue weighted by atomic mass is 9.93. The second kappa shape index (κ2) is 5.66. The van der Waals surface area contributed by atoms with E-state index in [0.29, 0.717) is 11.6 Å². The van der Waals surface area contributed by atoms with Gasteiger partial charge in [-0.15, -0.1) is 0 Å². The van der Waals surface area contributed by atoms with Crippen molar-refractivity contribution in [1.29, 1.82) is 0 Å². The number of halogens is 2. The Balaban J connectivity index is 1.98. The highest BCUT2D eigenvalue weighted by Gasteiger charge is 2.32. The number of hydrogen-bond donors (Lipinski definition) is 0. The largest absolute Gasteiger partial charge is 0.496 e. The predicted molar refractivity (Wildman–Crippen MR) is 84.4 cm³/mol. The summed E-state index contributed by atoms with van der Waals surface area (Å²) in [5, 5.41) is 0.706. The zero-order chi connectivity index (χ0) is 14.1. The molecule has 4 heteroatoms. The molecule has 0 saturated heterocycles. The number of fused-ring (bicyclic) bond motifs is 1. The molecule has 0 aromatic heterocycles.